The molecule has 100 valence electrons. The third-order valence-corrected chi connectivity index (χ3v) is 3.89. The highest BCUT2D eigenvalue weighted by Gasteiger charge is 2.18. The Hall–Kier alpha value is -1.32. The van der Waals surface area contributed by atoms with Crippen molar-refractivity contribution in [3.05, 3.63) is 41.2 Å². The predicted octanol–water partition coefficient (Wildman–Crippen LogP) is 3.54. The molecular weight excluding hydrogens is 260 g/mol. The molecule has 3 rings (SSSR count). The van der Waals surface area contributed by atoms with Gasteiger partial charge in [-0.2, -0.15) is 0 Å². The van der Waals surface area contributed by atoms with Crippen LogP contribution in [0.3, 0.4) is 0 Å². The minimum atomic E-state index is 0.639. The summed E-state index contributed by atoms with van der Waals surface area (Å²) in [6, 6.07) is 7.83. The molecule has 0 aliphatic carbocycles. The molecule has 0 saturated carbocycles. The van der Waals surface area contributed by atoms with Gasteiger partial charge in [0.1, 0.15) is 5.76 Å². The maximum atomic E-state index is 6.04. The highest BCUT2D eigenvalue weighted by Crippen LogP contribution is 2.28. The molecule has 1 aromatic heterocycles. The molecule has 1 unspecified atom stereocenters. The Bertz CT molecular complexity index is 547. The van der Waals surface area contributed by atoms with Crippen LogP contribution in [0.15, 0.2) is 35.0 Å². The van der Waals surface area contributed by atoms with Gasteiger partial charge in [0.2, 0.25) is 0 Å². The van der Waals surface area contributed by atoms with E-state index in [1.807, 2.05) is 24.3 Å². The molecule has 1 N–H and O–H groups in total. The molecular formula is C15H17ClN2O. The third kappa shape index (κ3) is 2.99. The first-order valence-corrected chi connectivity index (χ1v) is 7.11. The monoisotopic (exact) mass is 276 g/mol. The summed E-state index contributed by atoms with van der Waals surface area (Å²) in [6.45, 7) is 2.20. The van der Waals surface area contributed by atoms with Crippen molar-refractivity contribution < 1.29 is 4.52 Å². The van der Waals surface area contributed by atoms with Gasteiger partial charge in [-0.3, -0.25) is 0 Å². The van der Waals surface area contributed by atoms with Gasteiger partial charge < -0.3 is 9.84 Å². The average molecular weight is 277 g/mol. The molecule has 0 amide bonds. The maximum absolute atomic E-state index is 6.04. The number of hydrogen-bond donors (Lipinski definition) is 1. The van der Waals surface area contributed by atoms with Crippen LogP contribution in [0.4, 0.5) is 0 Å². The van der Waals surface area contributed by atoms with Crippen molar-refractivity contribution in [3.63, 3.8) is 0 Å². The topological polar surface area (TPSA) is 38.1 Å². The van der Waals surface area contributed by atoms with Crippen LogP contribution in [0.2, 0.25) is 5.02 Å². The summed E-state index contributed by atoms with van der Waals surface area (Å²) in [5, 5.41) is 8.13. The van der Waals surface area contributed by atoms with Gasteiger partial charge >= 0.3 is 0 Å². The zero-order valence-electron chi connectivity index (χ0n) is 10.7. The molecule has 0 radical (unpaired) electrons. The summed E-state index contributed by atoms with van der Waals surface area (Å²) in [5.41, 5.74) is 2.14. The van der Waals surface area contributed by atoms with E-state index in [1.165, 1.54) is 12.8 Å². The van der Waals surface area contributed by atoms with Crippen LogP contribution >= 0.6 is 11.6 Å². The Balaban J connectivity index is 1.81. The van der Waals surface area contributed by atoms with Crippen molar-refractivity contribution in [2.24, 2.45) is 5.92 Å². The van der Waals surface area contributed by atoms with E-state index >= 15 is 0 Å². The number of rotatable bonds is 3. The fraction of sp³-hybridized carbons (Fsp3) is 0.400. The second-order valence-electron chi connectivity index (χ2n) is 5.09. The van der Waals surface area contributed by atoms with Crippen LogP contribution in [0.1, 0.15) is 18.6 Å². The van der Waals surface area contributed by atoms with E-state index in [0.29, 0.717) is 5.92 Å². The fourth-order valence-electron chi connectivity index (χ4n) is 2.66. The molecule has 4 heteroatoms. The number of piperidine rings is 1. The largest absolute Gasteiger partial charge is 0.361 e. The molecule has 1 saturated heterocycles. The highest BCUT2D eigenvalue weighted by molar-refractivity contribution is 6.30. The lowest BCUT2D eigenvalue weighted by atomic mass is 9.93. The number of nitrogens with zero attached hydrogens (tertiary/aromatic N) is 1. The van der Waals surface area contributed by atoms with Gasteiger partial charge in [0, 0.05) is 17.0 Å². The van der Waals surface area contributed by atoms with Crippen molar-refractivity contribution in [2.75, 3.05) is 13.1 Å². The van der Waals surface area contributed by atoms with E-state index in [2.05, 4.69) is 10.5 Å². The molecule has 3 nitrogen and oxygen atoms in total. The van der Waals surface area contributed by atoms with E-state index in [4.69, 9.17) is 16.1 Å². The standard InChI is InChI=1S/C15H17ClN2O/c16-13-5-1-4-12(8-13)14-10-18-19-15(14)7-11-3-2-6-17-9-11/h1,4-5,8,10-11,17H,2-3,6-7,9H2. The Morgan fingerprint density at radius 3 is 3.16 bits per heavy atom. The van der Waals surface area contributed by atoms with Gasteiger partial charge in [0.05, 0.1) is 6.20 Å². The van der Waals surface area contributed by atoms with Crippen molar-refractivity contribution in [1.29, 1.82) is 0 Å². The third-order valence-electron chi connectivity index (χ3n) is 3.65. The maximum Gasteiger partial charge on any atom is 0.144 e. The molecule has 1 aromatic carbocycles. The first-order valence-electron chi connectivity index (χ1n) is 6.73. The summed E-state index contributed by atoms with van der Waals surface area (Å²) in [4.78, 5) is 0. The Labute approximate surface area is 117 Å². The number of hydrogen-bond acceptors (Lipinski definition) is 3. The van der Waals surface area contributed by atoms with Gasteiger partial charge in [0.15, 0.2) is 0 Å². The molecule has 19 heavy (non-hydrogen) atoms. The molecule has 1 fully saturated rings. The second-order valence-corrected chi connectivity index (χ2v) is 5.53. The minimum Gasteiger partial charge on any atom is -0.361 e. The van der Waals surface area contributed by atoms with Crippen molar-refractivity contribution in [2.45, 2.75) is 19.3 Å². The van der Waals surface area contributed by atoms with E-state index < -0.39 is 0 Å². The van der Waals surface area contributed by atoms with E-state index in [1.54, 1.807) is 6.20 Å². The first-order chi connectivity index (χ1) is 9.33. The van der Waals surface area contributed by atoms with Crippen LogP contribution in [0, 0.1) is 5.92 Å². The zero-order valence-corrected chi connectivity index (χ0v) is 11.5. The molecule has 2 heterocycles. The van der Waals surface area contributed by atoms with Crippen LogP contribution in [-0.4, -0.2) is 18.2 Å². The van der Waals surface area contributed by atoms with Gasteiger partial charge in [-0.15, -0.1) is 0 Å². The predicted molar refractivity (Wildman–Crippen MR) is 76.2 cm³/mol. The SMILES string of the molecule is Clc1cccc(-c2cnoc2CC2CCCNC2)c1. The summed E-state index contributed by atoms with van der Waals surface area (Å²) < 4.78 is 5.44. The van der Waals surface area contributed by atoms with Crippen LogP contribution in [0.25, 0.3) is 11.1 Å². The summed E-state index contributed by atoms with van der Waals surface area (Å²) in [6.07, 6.45) is 5.22. The Morgan fingerprint density at radius 2 is 2.37 bits per heavy atom. The number of nitrogens with one attached hydrogen (secondary N) is 1. The summed E-state index contributed by atoms with van der Waals surface area (Å²) >= 11 is 6.04. The summed E-state index contributed by atoms with van der Waals surface area (Å²) in [7, 11) is 0. The lowest BCUT2D eigenvalue weighted by Crippen LogP contribution is -2.30. The normalized spacial score (nSPS) is 19.5. The van der Waals surface area contributed by atoms with Crippen LogP contribution in [-0.2, 0) is 6.42 Å². The van der Waals surface area contributed by atoms with Crippen molar-refractivity contribution in [1.82, 2.24) is 10.5 Å². The number of benzene rings is 1. The smallest absolute Gasteiger partial charge is 0.144 e. The highest BCUT2D eigenvalue weighted by atomic mass is 35.5. The van der Waals surface area contributed by atoms with Crippen molar-refractivity contribution in [3.8, 4) is 11.1 Å². The van der Waals surface area contributed by atoms with Gasteiger partial charge in [-0.1, -0.05) is 28.9 Å². The minimum absolute atomic E-state index is 0.639. The molecule has 1 atom stereocenters. The van der Waals surface area contributed by atoms with Gasteiger partial charge in [0.25, 0.3) is 0 Å². The Kier molecular flexibility index (Phi) is 3.85. The zero-order chi connectivity index (χ0) is 13.1. The van der Waals surface area contributed by atoms with E-state index in [0.717, 1.165) is 41.4 Å². The van der Waals surface area contributed by atoms with E-state index in [-0.39, 0.29) is 0 Å². The lowest BCUT2D eigenvalue weighted by Gasteiger charge is -2.21. The van der Waals surface area contributed by atoms with Crippen molar-refractivity contribution >= 4 is 11.6 Å². The van der Waals surface area contributed by atoms with Gasteiger partial charge in [-0.25, -0.2) is 0 Å². The second kappa shape index (κ2) is 5.76. The summed E-state index contributed by atoms with van der Waals surface area (Å²) in [5.74, 6) is 1.61. The molecule has 1 aliphatic heterocycles. The average Bonchev–Trinajstić information content (AvgIpc) is 2.88. The van der Waals surface area contributed by atoms with Crippen LogP contribution in [0.5, 0.6) is 0 Å². The van der Waals surface area contributed by atoms with E-state index in [9.17, 15) is 0 Å². The molecule has 0 spiro atoms. The molecule has 2 aromatic rings. The van der Waals surface area contributed by atoms with Gasteiger partial charge in [-0.05, 0) is 49.5 Å². The van der Waals surface area contributed by atoms with Crippen LogP contribution < -0.4 is 5.32 Å². The molecule has 0 bridgehead atoms. The fourth-order valence-corrected chi connectivity index (χ4v) is 2.85. The lowest BCUT2D eigenvalue weighted by molar-refractivity contribution is 0.321. The first kappa shape index (κ1) is 12.7. The number of halogens is 1. The quantitative estimate of drug-likeness (QED) is 0.932. The molecule has 1 aliphatic rings. The number of aromatic nitrogens is 1. The Morgan fingerprint density at radius 1 is 1.42 bits per heavy atom.